The largest absolute Gasteiger partial charge is 0.507 e. The molecule has 6 heteroatoms. The predicted octanol–water partition coefficient (Wildman–Crippen LogP) is 5.65. The van der Waals surface area contributed by atoms with Crippen LogP contribution < -0.4 is 9.64 Å². The number of Topliss-reactive ketones (excluding diaryl/α,β-unsaturated/α-hetero) is 1. The third kappa shape index (κ3) is 3.82. The number of aliphatic hydroxyl groups excluding tert-OH is 1. The molecule has 0 radical (unpaired) electrons. The Morgan fingerprint density at radius 2 is 1.72 bits per heavy atom. The summed E-state index contributed by atoms with van der Waals surface area (Å²) in [5, 5.41) is 11.2. The first-order valence-corrected chi connectivity index (χ1v) is 11.0. The van der Waals surface area contributed by atoms with Crippen LogP contribution in [-0.2, 0) is 16.0 Å². The number of carbonyl (C=O) groups excluding carboxylic acids is 2. The van der Waals surface area contributed by atoms with Crippen molar-refractivity contribution < 1.29 is 19.4 Å². The number of carbonyl (C=O) groups is 2. The summed E-state index contributed by atoms with van der Waals surface area (Å²) in [5.74, 6) is -1.02. The molecule has 0 aromatic heterocycles. The molecule has 1 heterocycles. The van der Waals surface area contributed by atoms with Crippen LogP contribution in [0.15, 0.2) is 82.8 Å². The summed E-state index contributed by atoms with van der Waals surface area (Å²) >= 11 is 3.41. The molecule has 1 N–H and O–H groups in total. The first-order chi connectivity index (χ1) is 15.5. The van der Waals surface area contributed by atoms with E-state index >= 15 is 0 Å². The molecule has 1 amide bonds. The number of ether oxygens (including phenoxy) is 1. The third-order valence-electron chi connectivity index (χ3n) is 5.61. The van der Waals surface area contributed by atoms with Crippen LogP contribution in [0.3, 0.4) is 0 Å². The Labute approximate surface area is 195 Å². The van der Waals surface area contributed by atoms with Gasteiger partial charge in [-0.2, -0.15) is 0 Å². The molecule has 1 aliphatic rings. The number of hydrogen-bond acceptors (Lipinski definition) is 4. The lowest BCUT2D eigenvalue weighted by Gasteiger charge is -2.25. The van der Waals surface area contributed by atoms with Crippen LogP contribution in [-0.4, -0.2) is 23.9 Å². The number of ketones is 1. The number of benzene rings is 3. The number of aryl methyl sites for hydroxylation is 1. The molecule has 3 aromatic rings. The van der Waals surface area contributed by atoms with E-state index < -0.39 is 17.7 Å². The number of anilines is 1. The smallest absolute Gasteiger partial charge is 0.300 e. The van der Waals surface area contributed by atoms with Crippen LogP contribution in [0.1, 0.15) is 29.7 Å². The fraction of sp³-hybridized carbons (Fsp3) is 0.154. The van der Waals surface area contributed by atoms with E-state index in [-0.39, 0.29) is 11.3 Å². The minimum atomic E-state index is -0.746. The van der Waals surface area contributed by atoms with Crippen LogP contribution >= 0.6 is 15.9 Å². The summed E-state index contributed by atoms with van der Waals surface area (Å²) in [6.45, 7) is 2.05. The predicted molar refractivity (Wildman–Crippen MR) is 128 cm³/mol. The minimum absolute atomic E-state index is 0.0536. The van der Waals surface area contributed by atoms with Crippen LogP contribution in [0.2, 0.25) is 0 Å². The van der Waals surface area contributed by atoms with Gasteiger partial charge in [0.05, 0.1) is 23.2 Å². The Morgan fingerprint density at radius 3 is 2.31 bits per heavy atom. The second-order valence-corrected chi connectivity index (χ2v) is 8.30. The quantitative estimate of drug-likeness (QED) is 0.284. The van der Waals surface area contributed by atoms with Crippen molar-refractivity contribution in [2.24, 2.45) is 0 Å². The topological polar surface area (TPSA) is 66.8 Å². The van der Waals surface area contributed by atoms with Gasteiger partial charge in [0.2, 0.25) is 0 Å². The van der Waals surface area contributed by atoms with Crippen LogP contribution in [0.25, 0.3) is 5.76 Å². The molecule has 1 saturated heterocycles. The highest BCUT2D eigenvalue weighted by Gasteiger charge is 2.46. The highest BCUT2D eigenvalue weighted by Crippen LogP contribution is 2.42. The Hall–Kier alpha value is -3.38. The molecule has 32 heavy (non-hydrogen) atoms. The van der Waals surface area contributed by atoms with Gasteiger partial charge >= 0.3 is 0 Å². The van der Waals surface area contributed by atoms with Crippen molar-refractivity contribution in [2.45, 2.75) is 19.4 Å². The van der Waals surface area contributed by atoms with Gasteiger partial charge < -0.3 is 9.84 Å². The lowest BCUT2D eigenvalue weighted by atomic mass is 9.95. The van der Waals surface area contributed by atoms with Gasteiger partial charge in [-0.25, -0.2) is 0 Å². The van der Waals surface area contributed by atoms with Crippen molar-refractivity contribution >= 4 is 39.1 Å². The molecule has 0 spiro atoms. The van der Waals surface area contributed by atoms with Gasteiger partial charge in [0, 0.05) is 11.3 Å². The van der Waals surface area contributed by atoms with Gasteiger partial charge in [-0.15, -0.1) is 0 Å². The molecule has 1 aliphatic heterocycles. The Bertz CT molecular complexity index is 1200. The average molecular weight is 492 g/mol. The molecule has 0 saturated carbocycles. The van der Waals surface area contributed by atoms with Crippen molar-refractivity contribution in [1.82, 2.24) is 0 Å². The number of nitrogens with zero attached hydrogens (tertiary/aromatic N) is 1. The number of methoxy groups -OCH3 is 1. The normalized spacial score (nSPS) is 17.6. The third-order valence-corrected chi connectivity index (χ3v) is 6.23. The molecular formula is C26H22BrNO4. The van der Waals surface area contributed by atoms with E-state index in [0.29, 0.717) is 21.5 Å². The molecular weight excluding hydrogens is 470 g/mol. The van der Waals surface area contributed by atoms with Gasteiger partial charge in [-0.3, -0.25) is 14.5 Å². The maximum Gasteiger partial charge on any atom is 0.300 e. The Morgan fingerprint density at radius 1 is 1.03 bits per heavy atom. The van der Waals surface area contributed by atoms with E-state index in [2.05, 4.69) is 22.9 Å². The molecule has 1 unspecified atom stereocenters. The summed E-state index contributed by atoms with van der Waals surface area (Å²) in [5.41, 5.74) is 2.94. The van der Waals surface area contributed by atoms with Crippen LogP contribution in [0.5, 0.6) is 5.75 Å². The Balaban J connectivity index is 1.90. The monoisotopic (exact) mass is 491 g/mol. The molecule has 1 atom stereocenters. The molecule has 0 aliphatic carbocycles. The van der Waals surface area contributed by atoms with E-state index in [4.69, 9.17) is 4.74 Å². The number of amides is 1. The van der Waals surface area contributed by atoms with Crippen LogP contribution in [0, 0.1) is 0 Å². The summed E-state index contributed by atoms with van der Waals surface area (Å²) in [7, 11) is 1.55. The highest BCUT2D eigenvalue weighted by molar-refractivity contribution is 9.10. The zero-order chi connectivity index (χ0) is 22.8. The fourth-order valence-electron chi connectivity index (χ4n) is 3.91. The van der Waals surface area contributed by atoms with Crippen LogP contribution in [0.4, 0.5) is 5.69 Å². The first kappa shape index (κ1) is 21.8. The molecule has 1 fully saturated rings. The van der Waals surface area contributed by atoms with Gasteiger partial charge in [0.15, 0.2) is 0 Å². The second-order valence-electron chi connectivity index (χ2n) is 7.45. The van der Waals surface area contributed by atoms with Gasteiger partial charge in [-0.1, -0.05) is 49.4 Å². The van der Waals surface area contributed by atoms with E-state index in [0.717, 1.165) is 17.5 Å². The summed E-state index contributed by atoms with van der Waals surface area (Å²) in [4.78, 5) is 27.8. The molecule has 3 aromatic carbocycles. The molecule has 0 bridgehead atoms. The highest BCUT2D eigenvalue weighted by atomic mass is 79.9. The van der Waals surface area contributed by atoms with Crippen molar-refractivity contribution in [3.8, 4) is 5.75 Å². The summed E-state index contributed by atoms with van der Waals surface area (Å²) in [6, 6.07) is 21.1. The van der Waals surface area contributed by atoms with E-state index in [9.17, 15) is 14.7 Å². The number of aliphatic hydroxyl groups is 1. The lowest BCUT2D eigenvalue weighted by molar-refractivity contribution is -0.132. The first-order valence-electron chi connectivity index (χ1n) is 10.2. The zero-order valence-electron chi connectivity index (χ0n) is 17.7. The van der Waals surface area contributed by atoms with E-state index in [1.807, 2.05) is 54.6 Å². The van der Waals surface area contributed by atoms with Crippen molar-refractivity contribution in [1.29, 1.82) is 0 Å². The SMILES string of the molecule is CCc1ccc(N2C(=O)C(=O)/C(=C(\O)c3ccc(OC)c(Br)c3)C2c2ccccc2)cc1. The number of hydrogen-bond donors (Lipinski definition) is 1. The van der Waals surface area contributed by atoms with Gasteiger partial charge in [0.1, 0.15) is 11.5 Å². The Kier molecular flexibility index (Phi) is 6.15. The maximum absolute atomic E-state index is 13.2. The standard InChI is InChI=1S/C26H22BrNO4/c1-3-16-9-12-19(13-10-16)28-23(17-7-5-4-6-8-17)22(25(30)26(28)31)24(29)18-11-14-21(32-2)20(27)15-18/h4-15,23,29H,3H2,1-2H3/b24-22-. The van der Waals surface area contributed by atoms with E-state index in [1.165, 1.54) is 4.90 Å². The van der Waals surface area contributed by atoms with E-state index in [1.54, 1.807) is 25.3 Å². The molecule has 5 nitrogen and oxygen atoms in total. The molecule has 162 valence electrons. The number of rotatable bonds is 5. The van der Waals surface area contributed by atoms with Crippen molar-refractivity contribution in [3.05, 3.63) is 99.5 Å². The van der Waals surface area contributed by atoms with Gasteiger partial charge in [-0.05, 0) is 63.8 Å². The van der Waals surface area contributed by atoms with Gasteiger partial charge in [0.25, 0.3) is 11.7 Å². The molecule has 4 rings (SSSR count). The summed E-state index contributed by atoms with van der Waals surface area (Å²) < 4.78 is 5.88. The fourth-order valence-corrected chi connectivity index (χ4v) is 4.45. The van der Waals surface area contributed by atoms with Crippen molar-refractivity contribution in [3.63, 3.8) is 0 Å². The zero-order valence-corrected chi connectivity index (χ0v) is 19.3. The minimum Gasteiger partial charge on any atom is -0.507 e. The average Bonchev–Trinajstić information content (AvgIpc) is 3.09. The number of halogens is 1. The van der Waals surface area contributed by atoms with Crippen molar-refractivity contribution in [2.75, 3.05) is 12.0 Å². The summed E-state index contributed by atoms with van der Waals surface area (Å²) in [6.07, 6.45) is 0.869. The second kappa shape index (κ2) is 9.01. The lowest BCUT2D eigenvalue weighted by Crippen LogP contribution is -2.29. The maximum atomic E-state index is 13.2.